The van der Waals surface area contributed by atoms with E-state index in [2.05, 4.69) is 31.0 Å². The number of rotatable bonds is 6. The minimum atomic E-state index is -0.119. The number of nitrogens with zero attached hydrogens (tertiary/aromatic N) is 1. The van der Waals surface area contributed by atoms with Crippen LogP contribution in [0.15, 0.2) is 0 Å². The monoisotopic (exact) mass is 256 g/mol. The van der Waals surface area contributed by atoms with Crippen molar-refractivity contribution >= 4 is 0 Å². The van der Waals surface area contributed by atoms with Crippen LogP contribution in [0.1, 0.15) is 40.0 Å². The molecule has 0 amide bonds. The van der Waals surface area contributed by atoms with Crippen molar-refractivity contribution in [3.8, 4) is 0 Å². The molecule has 106 valence electrons. The van der Waals surface area contributed by atoms with Gasteiger partial charge in [0.1, 0.15) is 0 Å². The van der Waals surface area contributed by atoms with Gasteiger partial charge in [-0.05, 0) is 40.0 Å². The van der Waals surface area contributed by atoms with Gasteiger partial charge in [0.25, 0.3) is 0 Å². The molecule has 0 aromatic carbocycles. The van der Waals surface area contributed by atoms with E-state index in [4.69, 9.17) is 4.74 Å². The fraction of sp³-hybridized carbons (Fsp3) is 1.00. The maximum Gasteiger partial charge on any atom is 0.0678 e. The van der Waals surface area contributed by atoms with Crippen molar-refractivity contribution in [2.24, 2.45) is 0 Å². The minimum absolute atomic E-state index is 0.119. The molecule has 2 rings (SSSR count). The van der Waals surface area contributed by atoms with E-state index in [1.54, 1.807) is 0 Å². The van der Waals surface area contributed by atoms with Gasteiger partial charge >= 0.3 is 0 Å². The van der Waals surface area contributed by atoms with E-state index >= 15 is 0 Å². The fourth-order valence-corrected chi connectivity index (χ4v) is 2.79. The van der Waals surface area contributed by atoms with Gasteiger partial charge < -0.3 is 15.2 Å². The first-order valence-electron chi connectivity index (χ1n) is 7.27. The molecule has 0 aromatic heterocycles. The number of aliphatic hydroxyl groups is 1. The van der Waals surface area contributed by atoms with Crippen molar-refractivity contribution in [3.05, 3.63) is 0 Å². The summed E-state index contributed by atoms with van der Waals surface area (Å²) in [4.78, 5) is 2.46. The molecule has 1 aliphatic carbocycles. The van der Waals surface area contributed by atoms with Crippen LogP contribution in [-0.4, -0.2) is 60.0 Å². The molecule has 2 aliphatic rings. The highest BCUT2D eigenvalue weighted by molar-refractivity contribution is 4.93. The molecule has 0 bridgehead atoms. The average Bonchev–Trinajstić information content (AvgIpc) is 3.09. The topological polar surface area (TPSA) is 44.7 Å². The summed E-state index contributed by atoms with van der Waals surface area (Å²) in [6.45, 7) is 9.68. The summed E-state index contributed by atoms with van der Waals surface area (Å²) in [6.07, 6.45) is 4.18. The normalized spacial score (nSPS) is 33.3. The van der Waals surface area contributed by atoms with E-state index < -0.39 is 0 Å². The van der Waals surface area contributed by atoms with Crippen molar-refractivity contribution in [1.29, 1.82) is 0 Å². The van der Waals surface area contributed by atoms with E-state index in [9.17, 15) is 5.11 Å². The lowest BCUT2D eigenvalue weighted by atomic mass is 9.98. The molecule has 1 saturated heterocycles. The van der Waals surface area contributed by atoms with Crippen LogP contribution in [0.3, 0.4) is 0 Å². The van der Waals surface area contributed by atoms with Crippen LogP contribution in [0.4, 0.5) is 0 Å². The third kappa shape index (κ3) is 4.19. The molecule has 3 unspecified atom stereocenters. The van der Waals surface area contributed by atoms with Gasteiger partial charge in [0.2, 0.25) is 0 Å². The number of ether oxygens (including phenoxy) is 1. The van der Waals surface area contributed by atoms with Crippen molar-refractivity contribution in [1.82, 2.24) is 10.2 Å². The predicted octanol–water partition coefficient (Wildman–Crippen LogP) is 0.989. The third-order valence-corrected chi connectivity index (χ3v) is 3.95. The Balaban J connectivity index is 1.77. The van der Waals surface area contributed by atoms with E-state index in [0.29, 0.717) is 18.2 Å². The molecule has 4 heteroatoms. The number of hydrogen-bond donors (Lipinski definition) is 2. The fourth-order valence-electron chi connectivity index (χ4n) is 2.79. The van der Waals surface area contributed by atoms with Crippen LogP contribution in [-0.2, 0) is 4.74 Å². The Morgan fingerprint density at radius 3 is 2.39 bits per heavy atom. The third-order valence-electron chi connectivity index (χ3n) is 3.95. The Bertz CT molecular complexity index is 261. The summed E-state index contributed by atoms with van der Waals surface area (Å²) < 4.78 is 5.74. The van der Waals surface area contributed by atoms with Crippen LogP contribution in [0.2, 0.25) is 0 Å². The highest BCUT2D eigenvalue weighted by Gasteiger charge is 2.32. The van der Waals surface area contributed by atoms with Crippen LogP contribution >= 0.6 is 0 Å². The number of hydrogen-bond acceptors (Lipinski definition) is 4. The predicted molar refractivity (Wildman–Crippen MR) is 72.7 cm³/mol. The Labute approximate surface area is 111 Å². The summed E-state index contributed by atoms with van der Waals surface area (Å²) in [5.74, 6) is 0. The second kappa shape index (κ2) is 5.87. The summed E-state index contributed by atoms with van der Waals surface area (Å²) in [7, 11) is 0. The van der Waals surface area contributed by atoms with E-state index in [-0.39, 0.29) is 12.1 Å². The number of aliphatic hydroxyl groups excluding tert-OH is 1. The van der Waals surface area contributed by atoms with Gasteiger partial charge in [-0.15, -0.1) is 0 Å². The molecular formula is C14H28N2O2. The molecule has 4 nitrogen and oxygen atoms in total. The summed E-state index contributed by atoms with van der Waals surface area (Å²) in [6, 6.07) is 0.643. The van der Waals surface area contributed by atoms with Gasteiger partial charge in [-0.3, -0.25) is 4.90 Å². The van der Waals surface area contributed by atoms with Gasteiger partial charge in [-0.1, -0.05) is 0 Å². The van der Waals surface area contributed by atoms with Gasteiger partial charge in [-0.25, -0.2) is 0 Å². The molecule has 0 aromatic rings. The zero-order valence-corrected chi connectivity index (χ0v) is 12.0. The second-order valence-electron chi connectivity index (χ2n) is 6.40. The lowest BCUT2D eigenvalue weighted by Crippen LogP contribution is -2.51. The summed E-state index contributed by atoms with van der Waals surface area (Å²) in [5.41, 5.74) is -0.119. The van der Waals surface area contributed by atoms with Crippen molar-refractivity contribution < 1.29 is 9.84 Å². The molecule has 2 fully saturated rings. The lowest BCUT2D eigenvalue weighted by molar-refractivity contribution is -0.0700. The quantitative estimate of drug-likeness (QED) is 0.744. The highest BCUT2D eigenvalue weighted by Crippen LogP contribution is 2.24. The molecule has 1 heterocycles. The molecule has 1 saturated carbocycles. The van der Waals surface area contributed by atoms with E-state index in [0.717, 1.165) is 26.1 Å². The maximum absolute atomic E-state index is 9.59. The van der Waals surface area contributed by atoms with Crippen LogP contribution < -0.4 is 5.32 Å². The smallest absolute Gasteiger partial charge is 0.0678 e. The van der Waals surface area contributed by atoms with Gasteiger partial charge in [0, 0.05) is 31.2 Å². The lowest BCUT2D eigenvalue weighted by Gasteiger charge is -2.38. The molecule has 3 atom stereocenters. The average molecular weight is 256 g/mol. The Morgan fingerprint density at radius 1 is 1.28 bits per heavy atom. The Hall–Kier alpha value is -0.160. The summed E-state index contributed by atoms with van der Waals surface area (Å²) >= 11 is 0. The molecule has 2 N–H and O–H groups in total. The van der Waals surface area contributed by atoms with E-state index in [1.807, 2.05) is 0 Å². The van der Waals surface area contributed by atoms with E-state index in [1.165, 1.54) is 12.8 Å². The molecular weight excluding hydrogens is 228 g/mol. The first kappa shape index (κ1) is 14.3. The zero-order valence-electron chi connectivity index (χ0n) is 12.0. The Kier molecular flexibility index (Phi) is 4.64. The molecule has 0 radical (unpaired) electrons. The molecule has 1 aliphatic heterocycles. The zero-order chi connectivity index (χ0) is 13.2. The SMILES string of the molecule is CC1CN(CCC(C)(CO)NC2CC2)CC(C)O1. The maximum atomic E-state index is 9.59. The molecule has 18 heavy (non-hydrogen) atoms. The van der Waals surface area contributed by atoms with Crippen molar-refractivity contribution in [3.63, 3.8) is 0 Å². The second-order valence-corrected chi connectivity index (χ2v) is 6.40. The number of nitrogens with one attached hydrogen (secondary N) is 1. The minimum Gasteiger partial charge on any atom is -0.394 e. The standard InChI is InChI=1S/C14H28N2O2/c1-11-8-16(9-12(2)18-11)7-6-14(3,10-17)15-13-4-5-13/h11-13,15,17H,4-10H2,1-3H3. The largest absolute Gasteiger partial charge is 0.394 e. The van der Waals surface area contributed by atoms with Crippen LogP contribution in [0.25, 0.3) is 0 Å². The number of morpholine rings is 1. The van der Waals surface area contributed by atoms with Gasteiger partial charge in [0.15, 0.2) is 0 Å². The Morgan fingerprint density at radius 2 is 1.89 bits per heavy atom. The van der Waals surface area contributed by atoms with Gasteiger partial charge in [0.05, 0.1) is 18.8 Å². The highest BCUT2D eigenvalue weighted by atomic mass is 16.5. The first-order valence-corrected chi connectivity index (χ1v) is 7.27. The van der Waals surface area contributed by atoms with Crippen molar-refractivity contribution in [2.45, 2.75) is 63.8 Å². The van der Waals surface area contributed by atoms with Gasteiger partial charge in [-0.2, -0.15) is 0 Å². The van der Waals surface area contributed by atoms with Crippen LogP contribution in [0, 0.1) is 0 Å². The molecule has 0 spiro atoms. The van der Waals surface area contributed by atoms with Crippen LogP contribution in [0.5, 0.6) is 0 Å². The van der Waals surface area contributed by atoms with Crippen molar-refractivity contribution in [2.75, 3.05) is 26.2 Å². The summed E-state index contributed by atoms with van der Waals surface area (Å²) in [5, 5.41) is 13.2. The first-order chi connectivity index (χ1) is 8.50.